The van der Waals surface area contributed by atoms with Crippen molar-refractivity contribution in [1.29, 1.82) is 0 Å². The van der Waals surface area contributed by atoms with E-state index in [4.69, 9.17) is 4.74 Å². The first-order valence-electron chi connectivity index (χ1n) is 6.38. The van der Waals surface area contributed by atoms with E-state index in [0.29, 0.717) is 6.54 Å². The maximum absolute atomic E-state index is 11.6. The van der Waals surface area contributed by atoms with Crippen molar-refractivity contribution < 1.29 is 14.6 Å². The van der Waals surface area contributed by atoms with Crippen LogP contribution in [0.4, 0.5) is 4.79 Å². The highest BCUT2D eigenvalue weighted by atomic mass is 16.5. The molecule has 2 N–H and O–H groups in total. The third-order valence-electron chi connectivity index (χ3n) is 3.65. The molecular formula is C15H19NO3. The number of ether oxygens (including phenoxy) is 1. The molecule has 0 bridgehead atoms. The molecule has 102 valence electrons. The van der Waals surface area contributed by atoms with Crippen LogP contribution in [0.2, 0.25) is 0 Å². The molecule has 4 heteroatoms. The quantitative estimate of drug-likeness (QED) is 0.771. The van der Waals surface area contributed by atoms with Crippen LogP contribution in [0, 0.1) is 11.3 Å². The van der Waals surface area contributed by atoms with Crippen molar-refractivity contribution in [3.05, 3.63) is 48.6 Å². The van der Waals surface area contributed by atoms with Gasteiger partial charge in [0.05, 0.1) is 6.61 Å². The zero-order chi connectivity index (χ0) is 13.7. The number of hydrogen-bond donors (Lipinski definition) is 2. The van der Waals surface area contributed by atoms with Gasteiger partial charge in [0.25, 0.3) is 0 Å². The minimum absolute atomic E-state index is 0.0582. The monoisotopic (exact) mass is 261 g/mol. The summed E-state index contributed by atoms with van der Waals surface area (Å²) in [6.45, 7) is 4.45. The van der Waals surface area contributed by atoms with Crippen LogP contribution in [-0.2, 0) is 11.3 Å². The van der Waals surface area contributed by atoms with E-state index in [2.05, 4.69) is 11.9 Å². The smallest absolute Gasteiger partial charge is 0.407 e. The van der Waals surface area contributed by atoms with Crippen molar-refractivity contribution in [2.45, 2.75) is 13.0 Å². The summed E-state index contributed by atoms with van der Waals surface area (Å²) in [5.41, 5.74) is 0.720. The third kappa shape index (κ3) is 3.35. The zero-order valence-corrected chi connectivity index (χ0v) is 10.8. The summed E-state index contributed by atoms with van der Waals surface area (Å²) in [6, 6.07) is 9.51. The first kappa shape index (κ1) is 13.6. The third-order valence-corrected chi connectivity index (χ3v) is 3.65. The van der Waals surface area contributed by atoms with E-state index < -0.39 is 6.09 Å². The molecule has 1 aliphatic rings. The molecule has 1 aromatic carbocycles. The first-order valence-corrected chi connectivity index (χ1v) is 6.38. The van der Waals surface area contributed by atoms with Gasteiger partial charge in [-0.2, -0.15) is 0 Å². The highest BCUT2D eigenvalue weighted by Crippen LogP contribution is 2.52. The summed E-state index contributed by atoms with van der Waals surface area (Å²) in [5, 5.41) is 12.0. The molecule has 1 aliphatic carbocycles. The van der Waals surface area contributed by atoms with Crippen LogP contribution >= 0.6 is 0 Å². The summed E-state index contributed by atoms with van der Waals surface area (Å²) < 4.78 is 5.11. The van der Waals surface area contributed by atoms with Crippen LogP contribution in [0.15, 0.2) is 43.0 Å². The van der Waals surface area contributed by atoms with Crippen LogP contribution in [0.5, 0.6) is 0 Å². The van der Waals surface area contributed by atoms with Gasteiger partial charge in [-0.25, -0.2) is 4.79 Å². The van der Waals surface area contributed by atoms with Gasteiger partial charge in [0, 0.05) is 12.0 Å². The van der Waals surface area contributed by atoms with Crippen molar-refractivity contribution >= 4 is 6.09 Å². The van der Waals surface area contributed by atoms with Gasteiger partial charge < -0.3 is 15.2 Å². The molecule has 0 unspecified atom stereocenters. The Kier molecular flexibility index (Phi) is 4.22. The van der Waals surface area contributed by atoms with Gasteiger partial charge in [0.1, 0.15) is 6.61 Å². The predicted molar refractivity (Wildman–Crippen MR) is 72.5 cm³/mol. The summed E-state index contributed by atoms with van der Waals surface area (Å²) in [5.74, 6) is 0.284. The van der Waals surface area contributed by atoms with Crippen molar-refractivity contribution in [3.8, 4) is 0 Å². The zero-order valence-electron chi connectivity index (χ0n) is 10.8. The number of amides is 1. The second kappa shape index (κ2) is 5.89. The van der Waals surface area contributed by atoms with Crippen LogP contribution in [0.1, 0.15) is 12.0 Å². The average molecular weight is 261 g/mol. The Morgan fingerprint density at radius 2 is 2.26 bits per heavy atom. The largest absolute Gasteiger partial charge is 0.445 e. The molecular weight excluding hydrogens is 242 g/mol. The van der Waals surface area contributed by atoms with Crippen molar-refractivity contribution in [3.63, 3.8) is 0 Å². The van der Waals surface area contributed by atoms with Gasteiger partial charge in [-0.1, -0.05) is 36.4 Å². The lowest BCUT2D eigenvalue weighted by molar-refractivity contribution is 0.132. The fourth-order valence-electron chi connectivity index (χ4n) is 2.18. The summed E-state index contributed by atoms with van der Waals surface area (Å²) in [7, 11) is 0. The molecule has 0 aliphatic heterocycles. The number of benzene rings is 1. The van der Waals surface area contributed by atoms with Gasteiger partial charge >= 0.3 is 6.09 Å². The van der Waals surface area contributed by atoms with E-state index in [9.17, 15) is 9.90 Å². The number of allylic oxidation sites excluding steroid dienone is 1. The van der Waals surface area contributed by atoms with Crippen LogP contribution in [0.3, 0.4) is 0 Å². The van der Waals surface area contributed by atoms with E-state index in [1.807, 2.05) is 36.4 Å². The lowest BCUT2D eigenvalue weighted by atomic mass is 10.1. The maximum atomic E-state index is 11.6. The van der Waals surface area contributed by atoms with Crippen LogP contribution < -0.4 is 5.32 Å². The number of carbonyl (C=O) groups excluding carboxylic acids is 1. The minimum Gasteiger partial charge on any atom is -0.445 e. The average Bonchev–Trinajstić information content (AvgIpc) is 3.18. The maximum Gasteiger partial charge on any atom is 0.407 e. The molecule has 19 heavy (non-hydrogen) atoms. The van der Waals surface area contributed by atoms with E-state index in [0.717, 1.165) is 12.0 Å². The number of aliphatic hydroxyl groups excluding tert-OH is 1. The Morgan fingerprint density at radius 1 is 1.53 bits per heavy atom. The molecule has 0 radical (unpaired) electrons. The molecule has 1 fully saturated rings. The van der Waals surface area contributed by atoms with Gasteiger partial charge in [0.15, 0.2) is 0 Å². The Bertz CT molecular complexity index is 446. The lowest BCUT2D eigenvalue weighted by Gasteiger charge is -2.14. The summed E-state index contributed by atoms with van der Waals surface area (Å²) in [6.07, 6.45) is 2.24. The standard InChI is InChI=1S/C15H19NO3/c1-2-13-8-15(13,11-17)10-16-14(18)19-9-12-6-4-3-5-7-12/h2-7,13,17H,1,8-11H2,(H,16,18)/t13-,15-/m0/s1. The molecule has 2 atom stereocenters. The van der Waals surface area contributed by atoms with E-state index >= 15 is 0 Å². The minimum atomic E-state index is -0.452. The van der Waals surface area contributed by atoms with Gasteiger partial charge in [-0.05, 0) is 17.9 Å². The summed E-state index contributed by atoms with van der Waals surface area (Å²) >= 11 is 0. The highest BCUT2D eigenvalue weighted by molar-refractivity contribution is 5.67. The Hall–Kier alpha value is -1.81. The van der Waals surface area contributed by atoms with Gasteiger partial charge in [-0.3, -0.25) is 0 Å². The number of nitrogens with one attached hydrogen (secondary N) is 1. The van der Waals surface area contributed by atoms with Crippen molar-refractivity contribution in [1.82, 2.24) is 5.32 Å². The number of rotatable bonds is 6. The van der Waals surface area contributed by atoms with Crippen molar-refractivity contribution in [2.24, 2.45) is 11.3 Å². The fraction of sp³-hybridized carbons (Fsp3) is 0.400. The van der Waals surface area contributed by atoms with E-state index in [1.165, 1.54) is 0 Å². The molecule has 0 spiro atoms. The SMILES string of the molecule is C=C[C@H]1C[C@@]1(CO)CNC(=O)OCc1ccccc1. The summed E-state index contributed by atoms with van der Waals surface area (Å²) in [4.78, 5) is 11.6. The van der Waals surface area contributed by atoms with Crippen LogP contribution in [-0.4, -0.2) is 24.4 Å². The second-order valence-corrected chi connectivity index (χ2v) is 4.98. The predicted octanol–water partition coefficient (Wildman–Crippen LogP) is 2.10. The Balaban J connectivity index is 1.72. The molecule has 0 saturated heterocycles. The Labute approximate surface area is 113 Å². The molecule has 1 amide bonds. The fourth-order valence-corrected chi connectivity index (χ4v) is 2.18. The Morgan fingerprint density at radius 3 is 2.84 bits per heavy atom. The van der Waals surface area contributed by atoms with Gasteiger partial charge in [-0.15, -0.1) is 6.58 Å². The number of alkyl carbamates (subject to hydrolysis) is 1. The van der Waals surface area contributed by atoms with Crippen molar-refractivity contribution in [2.75, 3.05) is 13.2 Å². The molecule has 2 rings (SSSR count). The van der Waals surface area contributed by atoms with Gasteiger partial charge in [0.2, 0.25) is 0 Å². The molecule has 1 saturated carbocycles. The molecule has 4 nitrogen and oxygen atoms in total. The lowest BCUT2D eigenvalue weighted by Crippen LogP contribution is -2.33. The van der Waals surface area contributed by atoms with E-state index in [1.54, 1.807) is 0 Å². The molecule has 0 heterocycles. The van der Waals surface area contributed by atoms with Crippen LogP contribution in [0.25, 0.3) is 0 Å². The molecule has 0 aromatic heterocycles. The van der Waals surface area contributed by atoms with E-state index in [-0.39, 0.29) is 24.5 Å². The normalized spacial score (nSPS) is 24.6. The number of carbonyl (C=O) groups is 1. The highest BCUT2D eigenvalue weighted by Gasteiger charge is 2.51. The second-order valence-electron chi connectivity index (χ2n) is 4.98. The molecule has 1 aromatic rings. The first-order chi connectivity index (χ1) is 9.20. The number of hydrogen-bond acceptors (Lipinski definition) is 3. The number of aliphatic hydroxyl groups is 1. The topological polar surface area (TPSA) is 58.6 Å².